The summed E-state index contributed by atoms with van der Waals surface area (Å²) in [7, 11) is 5.78. The quantitative estimate of drug-likeness (QED) is 0.467. The molecule has 0 saturated heterocycles. The number of amides is 1. The summed E-state index contributed by atoms with van der Waals surface area (Å²) >= 11 is 0. The van der Waals surface area contributed by atoms with Gasteiger partial charge in [-0.25, -0.2) is 9.48 Å². The molecule has 168 valence electrons. The SMILES string of the molecule is COC(=O)c1cn(CCN(C(=O)c2ccccc2)c2ccc(OC)c(OC)c2OC)nn1. The maximum Gasteiger partial charge on any atom is 0.360 e. The van der Waals surface area contributed by atoms with Gasteiger partial charge in [-0.2, -0.15) is 0 Å². The fourth-order valence-corrected chi connectivity index (χ4v) is 3.17. The number of nitrogens with zero attached hydrogens (tertiary/aromatic N) is 4. The largest absolute Gasteiger partial charge is 0.493 e. The zero-order chi connectivity index (χ0) is 23.1. The summed E-state index contributed by atoms with van der Waals surface area (Å²) in [6.07, 6.45) is 1.46. The molecule has 0 N–H and O–H groups in total. The number of aromatic nitrogens is 3. The molecule has 1 amide bonds. The lowest BCUT2D eigenvalue weighted by atomic mass is 10.1. The average molecular weight is 440 g/mol. The van der Waals surface area contributed by atoms with Crippen LogP contribution in [0.25, 0.3) is 0 Å². The number of anilines is 1. The molecule has 10 nitrogen and oxygen atoms in total. The Morgan fingerprint density at radius 3 is 2.28 bits per heavy atom. The molecule has 3 rings (SSSR count). The van der Waals surface area contributed by atoms with Crippen molar-refractivity contribution < 1.29 is 28.5 Å². The first-order valence-corrected chi connectivity index (χ1v) is 9.68. The minimum Gasteiger partial charge on any atom is -0.493 e. The van der Waals surface area contributed by atoms with E-state index in [-0.39, 0.29) is 24.7 Å². The van der Waals surface area contributed by atoms with E-state index in [9.17, 15) is 9.59 Å². The number of esters is 1. The molecule has 1 heterocycles. The summed E-state index contributed by atoms with van der Waals surface area (Å²) in [6.45, 7) is 0.476. The van der Waals surface area contributed by atoms with Gasteiger partial charge >= 0.3 is 5.97 Å². The molecule has 0 bridgehead atoms. The lowest BCUT2D eigenvalue weighted by Gasteiger charge is -2.26. The highest BCUT2D eigenvalue weighted by atomic mass is 16.5. The molecule has 0 aliphatic carbocycles. The van der Waals surface area contributed by atoms with E-state index in [0.29, 0.717) is 28.5 Å². The average Bonchev–Trinajstić information content (AvgIpc) is 3.32. The van der Waals surface area contributed by atoms with E-state index >= 15 is 0 Å². The molecule has 32 heavy (non-hydrogen) atoms. The molecule has 2 aromatic carbocycles. The van der Waals surface area contributed by atoms with Crippen LogP contribution in [-0.2, 0) is 11.3 Å². The highest BCUT2D eigenvalue weighted by Crippen LogP contribution is 2.44. The van der Waals surface area contributed by atoms with Crippen molar-refractivity contribution in [3.05, 3.63) is 59.9 Å². The van der Waals surface area contributed by atoms with Gasteiger partial charge in [-0.05, 0) is 24.3 Å². The number of carbonyl (C=O) groups is 2. The third-order valence-electron chi connectivity index (χ3n) is 4.73. The van der Waals surface area contributed by atoms with Gasteiger partial charge in [0.1, 0.15) is 0 Å². The van der Waals surface area contributed by atoms with E-state index < -0.39 is 5.97 Å². The zero-order valence-electron chi connectivity index (χ0n) is 18.3. The first-order chi connectivity index (χ1) is 15.5. The van der Waals surface area contributed by atoms with Crippen molar-refractivity contribution in [2.75, 3.05) is 39.9 Å². The minimum atomic E-state index is -0.588. The van der Waals surface area contributed by atoms with Crippen LogP contribution >= 0.6 is 0 Å². The van der Waals surface area contributed by atoms with Crippen molar-refractivity contribution in [2.45, 2.75) is 6.54 Å². The second kappa shape index (κ2) is 10.3. The fourth-order valence-electron chi connectivity index (χ4n) is 3.17. The van der Waals surface area contributed by atoms with Gasteiger partial charge in [0, 0.05) is 12.1 Å². The molecule has 10 heteroatoms. The van der Waals surface area contributed by atoms with Crippen LogP contribution in [0.1, 0.15) is 20.8 Å². The van der Waals surface area contributed by atoms with Crippen LogP contribution in [0.5, 0.6) is 17.2 Å². The summed E-state index contributed by atoms with van der Waals surface area (Å²) in [5.74, 6) is 0.357. The fraction of sp³-hybridized carbons (Fsp3) is 0.273. The molecule has 0 fully saturated rings. The summed E-state index contributed by atoms with van der Waals surface area (Å²) in [5, 5.41) is 7.74. The molecule has 0 atom stereocenters. The highest BCUT2D eigenvalue weighted by molar-refractivity contribution is 6.07. The molecular formula is C22H24N4O6. The van der Waals surface area contributed by atoms with Gasteiger partial charge in [-0.1, -0.05) is 23.4 Å². The molecule has 0 saturated carbocycles. The third-order valence-corrected chi connectivity index (χ3v) is 4.73. The minimum absolute atomic E-state index is 0.0807. The Labute approximate surface area is 185 Å². The van der Waals surface area contributed by atoms with Crippen molar-refractivity contribution in [3.8, 4) is 17.2 Å². The van der Waals surface area contributed by atoms with Crippen LogP contribution in [-0.4, -0.2) is 61.9 Å². The lowest BCUT2D eigenvalue weighted by Crippen LogP contribution is -2.34. The van der Waals surface area contributed by atoms with E-state index in [4.69, 9.17) is 14.2 Å². The van der Waals surface area contributed by atoms with Gasteiger partial charge in [-0.3, -0.25) is 4.79 Å². The maximum atomic E-state index is 13.4. The Kier molecular flexibility index (Phi) is 7.27. The standard InChI is InChI=1S/C22H24N4O6/c1-29-18-11-10-17(19(30-2)20(18)31-3)26(21(27)15-8-6-5-7-9-15)13-12-25-14-16(23-24-25)22(28)32-4/h5-11,14H,12-13H2,1-4H3. The first-order valence-electron chi connectivity index (χ1n) is 9.68. The number of carbonyl (C=O) groups excluding carboxylic acids is 2. The zero-order valence-corrected chi connectivity index (χ0v) is 18.3. The van der Waals surface area contributed by atoms with Crippen LogP contribution in [0.3, 0.4) is 0 Å². The van der Waals surface area contributed by atoms with Gasteiger partial charge in [-0.15, -0.1) is 5.10 Å². The van der Waals surface area contributed by atoms with Crippen molar-refractivity contribution in [3.63, 3.8) is 0 Å². The molecule has 0 aliphatic heterocycles. The van der Waals surface area contributed by atoms with Crippen LogP contribution in [0.15, 0.2) is 48.7 Å². The molecule has 0 aliphatic rings. The normalized spacial score (nSPS) is 10.4. The van der Waals surface area contributed by atoms with Crippen molar-refractivity contribution >= 4 is 17.6 Å². The summed E-state index contributed by atoms with van der Waals surface area (Å²) in [6, 6.07) is 12.3. The van der Waals surface area contributed by atoms with E-state index in [2.05, 4.69) is 15.0 Å². The first kappa shape index (κ1) is 22.6. The van der Waals surface area contributed by atoms with E-state index in [0.717, 1.165) is 0 Å². The Bertz CT molecular complexity index is 1080. The molecule has 1 aromatic heterocycles. The summed E-state index contributed by atoms with van der Waals surface area (Å²) in [4.78, 5) is 26.6. The predicted octanol–water partition coefficient (Wildman–Crippen LogP) is 2.44. The highest BCUT2D eigenvalue weighted by Gasteiger charge is 2.25. The molecule has 3 aromatic rings. The van der Waals surface area contributed by atoms with E-state index in [1.165, 1.54) is 39.3 Å². The topological polar surface area (TPSA) is 105 Å². The number of methoxy groups -OCH3 is 4. The number of benzene rings is 2. The third kappa shape index (κ3) is 4.64. The number of rotatable bonds is 9. The number of hydrogen-bond donors (Lipinski definition) is 0. The number of ether oxygens (including phenoxy) is 4. The molecule has 0 radical (unpaired) electrons. The molecular weight excluding hydrogens is 416 g/mol. The molecule has 0 spiro atoms. The van der Waals surface area contributed by atoms with Crippen molar-refractivity contribution in [2.24, 2.45) is 0 Å². The Hall–Kier alpha value is -4.08. The Morgan fingerprint density at radius 1 is 0.938 bits per heavy atom. The Morgan fingerprint density at radius 2 is 1.66 bits per heavy atom. The van der Waals surface area contributed by atoms with Crippen LogP contribution < -0.4 is 19.1 Å². The Balaban J connectivity index is 1.99. The predicted molar refractivity (Wildman–Crippen MR) is 116 cm³/mol. The second-order valence-electron chi connectivity index (χ2n) is 6.53. The van der Waals surface area contributed by atoms with Crippen LogP contribution in [0.2, 0.25) is 0 Å². The van der Waals surface area contributed by atoms with Crippen molar-refractivity contribution in [1.29, 1.82) is 0 Å². The van der Waals surface area contributed by atoms with Gasteiger partial charge in [0.15, 0.2) is 17.2 Å². The van der Waals surface area contributed by atoms with E-state index in [1.54, 1.807) is 41.3 Å². The smallest absolute Gasteiger partial charge is 0.360 e. The molecule has 0 unspecified atom stereocenters. The van der Waals surface area contributed by atoms with E-state index in [1.807, 2.05) is 6.07 Å². The van der Waals surface area contributed by atoms with Crippen LogP contribution in [0.4, 0.5) is 5.69 Å². The lowest BCUT2D eigenvalue weighted by molar-refractivity contribution is 0.0593. The maximum absolute atomic E-state index is 13.4. The number of hydrogen-bond acceptors (Lipinski definition) is 8. The van der Waals surface area contributed by atoms with Gasteiger partial charge in [0.25, 0.3) is 5.91 Å². The van der Waals surface area contributed by atoms with Gasteiger partial charge in [0.05, 0.1) is 46.9 Å². The van der Waals surface area contributed by atoms with Gasteiger partial charge < -0.3 is 23.8 Å². The summed E-state index contributed by atoms with van der Waals surface area (Å²) in [5.41, 5.74) is 1.07. The monoisotopic (exact) mass is 440 g/mol. The van der Waals surface area contributed by atoms with Crippen molar-refractivity contribution in [1.82, 2.24) is 15.0 Å². The van der Waals surface area contributed by atoms with Gasteiger partial charge in [0.2, 0.25) is 5.75 Å². The summed E-state index contributed by atoms with van der Waals surface area (Å²) < 4.78 is 22.5. The second-order valence-corrected chi connectivity index (χ2v) is 6.53. The van der Waals surface area contributed by atoms with Crippen LogP contribution in [0, 0.1) is 0 Å².